The average molecular weight is 475 g/mol. The van der Waals surface area contributed by atoms with Gasteiger partial charge in [0.05, 0.1) is 10.0 Å². The Kier molecular flexibility index (Phi) is 6.69. The second-order valence-electron chi connectivity index (χ2n) is 6.71. The van der Waals surface area contributed by atoms with Gasteiger partial charge in [-0.05, 0) is 66.1 Å². The zero-order valence-electron chi connectivity index (χ0n) is 16.1. The van der Waals surface area contributed by atoms with E-state index in [4.69, 9.17) is 34.8 Å². The lowest BCUT2D eigenvalue weighted by Gasteiger charge is -2.11. The predicted octanol–water partition coefficient (Wildman–Crippen LogP) is 7.75. The van der Waals surface area contributed by atoms with E-state index in [0.717, 1.165) is 34.2 Å². The van der Waals surface area contributed by atoms with E-state index in [-0.39, 0.29) is 0 Å². The number of benzene rings is 3. The number of hydrogen-bond donors (Lipinski definition) is 0. The maximum absolute atomic E-state index is 6.16. The van der Waals surface area contributed by atoms with Gasteiger partial charge in [-0.15, -0.1) is 10.2 Å². The van der Waals surface area contributed by atoms with Crippen LogP contribution in [0.5, 0.6) is 0 Å². The van der Waals surface area contributed by atoms with E-state index < -0.39 is 0 Å². The van der Waals surface area contributed by atoms with Crippen molar-refractivity contribution in [3.05, 3.63) is 92.9 Å². The van der Waals surface area contributed by atoms with Crippen LogP contribution in [-0.4, -0.2) is 14.8 Å². The molecule has 7 heteroatoms. The van der Waals surface area contributed by atoms with Crippen molar-refractivity contribution in [1.29, 1.82) is 0 Å². The van der Waals surface area contributed by atoms with Gasteiger partial charge in [-0.25, -0.2) is 0 Å². The van der Waals surface area contributed by atoms with E-state index in [2.05, 4.69) is 46.0 Å². The van der Waals surface area contributed by atoms with Gasteiger partial charge in [-0.3, -0.25) is 4.57 Å². The first kappa shape index (κ1) is 21.3. The third-order valence-electron chi connectivity index (χ3n) is 4.69. The molecule has 1 aromatic heterocycles. The lowest BCUT2D eigenvalue weighted by Crippen LogP contribution is -2.00. The minimum absolute atomic E-state index is 0.549. The fourth-order valence-electron chi connectivity index (χ4n) is 3.04. The molecule has 4 aromatic rings. The van der Waals surface area contributed by atoms with Crippen molar-refractivity contribution in [2.45, 2.75) is 24.3 Å². The number of aromatic nitrogens is 3. The summed E-state index contributed by atoms with van der Waals surface area (Å²) in [6.07, 6.45) is 0.992. The van der Waals surface area contributed by atoms with Gasteiger partial charge in [0.25, 0.3) is 0 Å². The van der Waals surface area contributed by atoms with E-state index in [0.29, 0.717) is 20.8 Å². The summed E-state index contributed by atoms with van der Waals surface area (Å²) in [5.74, 6) is 1.47. The normalized spacial score (nSPS) is 11.1. The van der Waals surface area contributed by atoms with Crippen LogP contribution in [0.1, 0.15) is 18.1 Å². The summed E-state index contributed by atoms with van der Waals surface area (Å²) in [4.78, 5) is 0. The van der Waals surface area contributed by atoms with Crippen LogP contribution < -0.4 is 0 Å². The quantitative estimate of drug-likeness (QED) is 0.268. The summed E-state index contributed by atoms with van der Waals surface area (Å²) in [6.45, 7) is 2.14. The molecule has 0 spiro atoms. The highest BCUT2D eigenvalue weighted by molar-refractivity contribution is 7.98. The molecule has 1 heterocycles. The summed E-state index contributed by atoms with van der Waals surface area (Å²) < 4.78 is 2.07. The second kappa shape index (κ2) is 9.44. The van der Waals surface area contributed by atoms with Gasteiger partial charge in [0.15, 0.2) is 11.0 Å². The van der Waals surface area contributed by atoms with Crippen LogP contribution >= 0.6 is 46.6 Å². The minimum Gasteiger partial charge on any atom is -0.270 e. The number of hydrogen-bond acceptors (Lipinski definition) is 3. The standard InChI is InChI=1S/C23H18Cl3N3S/c1-2-15-3-10-19(11-4-15)29-22(17-6-8-18(24)9-7-17)27-28-23(29)30-14-16-5-12-20(25)21(26)13-16/h3-13H,2,14H2,1H3. The molecule has 0 aliphatic carbocycles. The summed E-state index contributed by atoms with van der Waals surface area (Å²) in [6, 6.07) is 21.8. The third kappa shape index (κ3) is 4.68. The van der Waals surface area contributed by atoms with Crippen LogP contribution in [0.4, 0.5) is 0 Å². The third-order valence-corrected chi connectivity index (χ3v) is 6.68. The molecule has 0 saturated carbocycles. The number of rotatable bonds is 6. The second-order valence-corrected chi connectivity index (χ2v) is 8.90. The predicted molar refractivity (Wildman–Crippen MR) is 127 cm³/mol. The molecule has 152 valence electrons. The van der Waals surface area contributed by atoms with Gasteiger partial charge in [0.1, 0.15) is 0 Å². The Morgan fingerprint density at radius 3 is 2.17 bits per heavy atom. The van der Waals surface area contributed by atoms with E-state index in [1.807, 2.05) is 42.5 Å². The fraction of sp³-hybridized carbons (Fsp3) is 0.130. The molecule has 0 unspecified atom stereocenters. The van der Waals surface area contributed by atoms with Crippen molar-refractivity contribution in [1.82, 2.24) is 14.8 Å². The Morgan fingerprint density at radius 2 is 1.50 bits per heavy atom. The van der Waals surface area contributed by atoms with Gasteiger partial charge in [-0.1, -0.05) is 71.7 Å². The van der Waals surface area contributed by atoms with Crippen molar-refractivity contribution >= 4 is 46.6 Å². The lowest BCUT2D eigenvalue weighted by molar-refractivity contribution is 0.885. The van der Waals surface area contributed by atoms with Gasteiger partial charge in [-0.2, -0.15) is 0 Å². The lowest BCUT2D eigenvalue weighted by atomic mass is 10.1. The molecule has 3 aromatic carbocycles. The maximum atomic E-state index is 6.16. The number of aryl methyl sites for hydroxylation is 1. The van der Waals surface area contributed by atoms with Gasteiger partial charge in [0.2, 0.25) is 0 Å². The number of thioether (sulfide) groups is 1. The van der Waals surface area contributed by atoms with Crippen molar-refractivity contribution in [2.75, 3.05) is 0 Å². The van der Waals surface area contributed by atoms with Crippen LogP contribution in [0.2, 0.25) is 15.1 Å². The summed E-state index contributed by atoms with van der Waals surface area (Å²) in [7, 11) is 0. The highest BCUT2D eigenvalue weighted by Gasteiger charge is 2.16. The zero-order chi connectivity index (χ0) is 21.1. The minimum atomic E-state index is 0.549. The van der Waals surface area contributed by atoms with Gasteiger partial charge >= 0.3 is 0 Å². The molecule has 0 aliphatic rings. The summed E-state index contributed by atoms with van der Waals surface area (Å²) in [5.41, 5.74) is 4.31. The molecule has 0 bridgehead atoms. The molecule has 0 fully saturated rings. The molecule has 0 amide bonds. The first-order valence-corrected chi connectivity index (χ1v) is 11.5. The fourth-order valence-corrected chi connectivity index (χ4v) is 4.38. The molecular formula is C23H18Cl3N3S. The smallest absolute Gasteiger partial charge is 0.196 e. The van der Waals surface area contributed by atoms with Crippen LogP contribution in [0.15, 0.2) is 71.9 Å². The Bertz CT molecular complexity index is 1160. The Morgan fingerprint density at radius 1 is 0.800 bits per heavy atom. The molecule has 4 rings (SSSR count). The van der Waals surface area contributed by atoms with Crippen LogP contribution in [-0.2, 0) is 12.2 Å². The van der Waals surface area contributed by atoms with Gasteiger partial charge in [0, 0.05) is 22.0 Å². The Balaban J connectivity index is 1.71. The van der Waals surface area contributed by atoms with E-state index in [1.54, 1.807) is 11.8 Å². The highest BCUT2D eigenvalue weighted by atomic mass is 35.5. The number of halogens is 3. The maximum Gasteiger partial charge on any atom is 0.196 e. The molecule has 30 heavy (non-hydrogen) atoms. The van der Waals surface area contributed by atoms with E-state index in [1.165, 1.54) is 5.56 Å². The largest absolute Gasteiger partial charge is 0.270 e. The van der Waals surface area contributed by atoms with Crippen LogP contribution in [0.25, 0.3) is 17.1 Å². The van der Waals surface area contributed by atoms with Crippen LogP contribution in [0, 0.1) is 0 Å². The first-order chi connectivity index (χ1) is 14.5. The van der Waals surface area contributed by atoms with E-state index >= 15 is 0 Å². The molecular weight excluding hydrogens is 457 g/mol. The summed E-state index contributed by atoms with van der Waals surface area (Å²) in [5, 5.41) is 11.5. The molecule has 0 atom stereocenters. The Labute approximate surface area is 195 Å². The molecule has 0 radical (unpaired) electrons. The highest BCUT2D eigenvalue weighted by Crippen LogP contribution is 2.32. The zero-order valence-corrected chi connectivity index (χ0v) is 19.2. The summed E-state index contributed by atoms with van der Waals surface area (Å²) >= 11 is 19.9. The van der Waals surface area contributed by atoms with Crippen molar-refractivity contribution in [3.8, 4) is 17.1 Å². The molecule has 3 nitrogen and oxygen atoms in total. The topological polar surface area (TPSA) is 30.7 Å². The first-order valence-electron chi connectivity index (χ1n) is 9.42. The monoisotopic (exact) mass is 473 g/mol. The SMILES string of the molecule is CCc1ccc(-n2c(SCc3ccc(Cl)c(Cl)c3)nnc2-c2ccc(Cl)cc2)cc1. The molecule has 0 N–H and O–H groups in total. The van der Waals surface area contributed by atoms with Crippen molar-refractivity contribution in [3.63, 3.8) is 0 Å². The van der Waals surface area contributed by atoms with Crippen molar-refractivity contribution < 1.29 is 0 Å². The molecule has 0 saturated heterocycles. The van der Waals surface area contributed by atoms with E-state index in [9.17, 15) is 0 Å². The average Bonchev–Trinajstić information content (AvgIpc) is 3.19. The van der Waals surface area contributed by atoms with Gasteiger partial charge < -0.3 is 0 Å². The van der Waals surface area contributed by atoms with Crippen molar-refractivity contribution in [2.24, 2.45) is 0 Å². The van der Waals surface area contributed by atoms with Crippen LogP contribution in [0.3, 0.4) is 0 Å². The Hall–Kier alpha value is -1.98. The number of nitrogens with zero attached hydrogens (tertiary/aromatic N) is 3. The molecule has 0 aliphatic heterocycles.